The van der Waals surface area contributed by atoms with Crippen molar-refractivity contribution in [2.75, 3.05) is 19.6 Å². The maximum absolute atomic E-state index is 13.2. The van der Waals surface area contributed by atoms with Crippen molar-refractivity contribution >= 4 is 15.9 Å². The van der Waals surface area contributed by atoms with E-state index in [1.807, 2.05) is 6.92 Å². The highest BCUT2D eigenvalue weighted by Crippen LogP contribution is 2.19. The van der Waals surface area contributed by atoms with E-state index in [-0.39, 0.29) is 29.0 Å². The summed E-state index contributed by atoms with van der Waals surface area (Å²) in [7, 11) is -3.64. The number of likely N-dealkylation sites (tertiary alicyclic amines) is 1. The van der Waals surface area contributed by atoms with E-state index in [1.54, 1.807) is 29.2 Å². The Kier molecular flexibility index (Phi) is 6.90. The Balaban J connectivity index is 1.44. The van der Waals surface area contributed by atoms with Gasteiger partial charge in [-0.05, 0) is 68.1 Å². The fourth-order valence-corrected chi connectivity index (χ4v) is 5.02. The lowest BCUT2D eigenvalue weighted by molar-refractivity contribution is 0.0668. The quantitative estimate of drug-likeness (QED) is 0.579. The number of carbonyl (C=O) groups excluding carboxylic acids is 1. The van der Waals surface area contributed by atoms with Gasteiger partial charge in [-0.2, -0.15) is 9.78 Å². The molecule has 1 aromatic heterocycles. The van der Waals surface area contributed by atoms with E-state index >= 15 is 0 Å². The SMILES string of the molecule is Cc1ccc(S(=O)(=O)NCC2CCCN(C(=O)c3ccc(=O)n(-c4ccc(F)cc4)n3)C2)cc1. The van der Waals surface area contributed by atoms with Gasteiger partial charge in [0.2, 0.25) is 10.0 Å². The minimum Gasteiger partial charge on any atom is -0.337 e. The maximum atomic E-state index is 13.2. The molecule has 178 valence electrons. The van der Waals surface area contributed by atoms with Crippen LogP contribution in [-0.2, 0) is 10.0 Å². The van der Waals surface area contributed by atoms with Gasteiger partial charge in [0.15, 0.2) is 0 Å². The number of carbonyl (C=O) groups is 1. The zero-order chi connectivity index (χ0) is 24.3. The minimum atomic E-state index is -3.64. The van der Waals surface area contributed by atoms with Gasteiger partial charge in [0.25, 0.3) is 11.5 Å². The van der Waals surface area contributed by atoms with E-state index in [0.717, 1.165) is 23.1 Å². The first kappa shape index (κ1) is 23.8. The monoisotopic (exact) mass is 484 g/mol. The standard InChI is InChI=1S/C24H25FN4O4S/c1-17-4-10-21(11-5-17)34(32,33)26-15-18-3-2-14-28(16-18)24(31)22-12-13-23(30)29(27-22)20-8-6-19(25)7-9-20/h4-13,18,26H,2-3,14-16H2,1H3. The number of piperidine rings is 1. The molecule has 0 saturated carbocycles. The third-order valence-electron chi connectivity index (χ3n) is 5.79. The molecule has 2 aromatic carbocycles. The highest BCUT2D eigenvalue weighted by Gasteiger charge is 2.27. The molecule has 0 spiro atoms. The summed E-state index contributed by atoms with van der Waals surface area (Å²) in [5.74, 6) is -0.843. The molecule has 1 saturated heterocycles. The third kappa shape index (κ3) is 5.40. The van der Waals surface area contributed by atoms with Crippen molar-refractivity contribution in [3.63, 3.8) is 0 Å². The van der Waals surface area contributed by atoms with Gasteiger partial charge in [-0.1, -0.05) is 17.7 Å². The lowest BCUT2D eigenvalue weighted by Gasteiger charge is -2.32. The Labute approximate surface area is 197 Å². The number of nitrogens with one attached hydrogen (secondary N) is 1. The van der Waals surface area contributed by atoms with Gasteiger partial charge in [-0.15, -0.1) is 0 Å². The highest BCUT2D eigenvalue weighted by atomic mass is 32.2. The summed E-state index contributed by atoms with van der Waals surface area (Å²) in [5, 5.41) is 4.18. The second kappa shape index (κ2) is 9.86. The van der Waals surface area contributed by atoms with Crippen molar-refractivity contribution in [1.29, 1.82) is 0 Å². The van der Waals surface area contributed by atoms with Crippen LogP contribution in [0.15, 0.2) is 70.4 Å². The number of benzene rings is 2. The number of sulfonamides is 1. The molecule has 1 aliphatic heterocycles. The molecule has 2 heterocycles. The first-order chi connectivity index (χ1) is 16.2. The molecule has 8 nitrogen and oxygen atoms in total. The topological polar surface area (TPSA) is 101 Å². The van der Waals surface area contributed by atoms with Crippen LogP contribution >= 0.6 is 0 Å². The van der Waals surface area contributed by atoms with Gasteiger partial charge in [-0.3, -0.25) is 9.59 Å². The molecule has 10 heteroatoms. The van der Waals surface area contributed by atoms with Crippen LogP contribution in [0.5, 0.6) is 0 Å². The van der Waals surface area contributed by atoms with Crippen LogP contribution in [0.1, 0.15) is 28.9 Å². The second-order valence-corrected chi connectivity index (χ2v) is 10.1. The first-order valence-electron chi connectivity index (χ1n) is 10.9. The van der Waals surface area contributed by atoms with Crippen LogP contribution in [0.3, 0.4) is 0 Å². The van der Waals surface area contributed by atoms with Crippen LogP contribution in [0.4, 0.5) is 4.39 Å². The predicted molar refractivity (Wildman–Crippen MR) is 125 cm³/mol. The number of aromatic nitrogens is 2. The van der Waals surface area contributed by atoms with Crippen molar-refractivity contribution in [2.24, 2.45) is 5.92 Å². The van der Waals surface area contributed by atoms with Crippen LogP contribution in [0.2, 0.25) is 0 Å². The summed E-state index contributed by atoms with van der Waals surface area (Å²) in [6.45, 7) is 2.98. The van der Waals surface area contributed by atoms with Crippen LogP contribution in [0.25, 0.3) is 5.69 Å². The summed E-state index contributed by atoms with van der Waals surface area (Å²) in [6, 6.07) is 14.5. The van der Waals surface area contributed by atoms with Crippen LogP contribution < -0.4 is 10.3 Å². The van der Waals surface area contributed by atoms with Gasteiger partial charge in [0, 0.05) is 25.7 Å². The molecule has 4 rings (SSSR count). The number of rotatable bonds is 6. The maximum Gasteiger partial charge on any atom is 0.274 e. The average Bonchev–Trinajstić information content (AvgIpc) is 2.84. The number of hydrogen-bond donors (Lipinski definition) is 1. The van der Waals surface area contributed by atoms with Crippen molar-refractivity contribution < 1.29 is 17.6 Å². The van der Waals surface area contributed by atoms with Gasteiger partial charge >= 0.3 is 0 Å². The normalized spacial score (nSPS) is 16.4. The zero-order valence-corrected chi connectivity index (χ0v) is 19.5. The van der Waals surface area contributed by atoms with Gasteiger partial charge in [0.1, 0.15) is 11.5 Å². The van der Waals surface area contributed by atoms with Crippen molar-refractivity contribution in [3.05, 3.63) is 88.1 Å². The van der Waals surface area contributed by atoms with Crippen LogP contribution in [-0.4, -0.2) is 48.6 Å². The Morgan fingerprint density at radius 2 is 1.79 bits per heavy atom. The molecule has 34 heavy (non-hydrogen) atoms. The van der Waals surface area contributed by atoms with Gasteiger partial charge in [0.05, 0.1) is 10.6 Å². The number of halogens is 1. The fraction of sp³-hybridized carbons (Fsp3) is 0.292. The molecule has 1 unspecified atom stereocenters. The molecular formula is C24H25FN4O4S. The molecule has 3 aromatic rings. The van der Waals surface area contributed by atoms with E-state index in [0.29, 0.717) is 18.8 Å². The zero-order valence-electron chi connectivity index (χ0n) is 18.6. The number of aryl methyl sites for hydroxylation is 1. The Morgan fingerprint density at radius 3 is 2.50 bits per heavy atom. The average molecular weight is 485 g/mol. The molecule has 0 radical (unpaired) electrons. The molecule has 1 aliphatic rings. The van der Waals surface area contributed by atoms with Gasteiger partial charge < -0.3 is 4.90 Å². The minimum absolute atomic E-state index is 0.0547. The number of amides is 1. The van der Waals surface area contributed by atoms with Crippen molar-refractivity contribution in [2.45, 2.75) is 24.7 Å². The summed E-state index contributed by atoms with van der Waals surface area (Å²) in [6.07, 6.45) is 1.50. The van der Waals surface area contributed by atoms with E-state index < -0.39 is 21.4 Å². The molecule has 1 N–H and O–H groups in total. The van der Waals surface area contributed by atoms with E-state index in [1.165, 1.54) is 36.4 Å². The van der Waals surface area contributed by atoms with Gasteiger partial charge in [-0.25, -0.2) is 17.5 Å². The van der Waals surface area contributed by atoms with Crippen molar-refractivity contribution in [3.8, 4) is 5.69 Å². The first-order valence-corrected chi connectivity index (χ1v) is 12.4. The Bertz CT molecular complexity index is 1340. The Morgan fingerprint density at radius 1 is 1.09 bits per heavy atom. The fourth-order valence-electron chi connectivity index (χ4n) is 3.90. The van der Waals surface area contributed by atoms with E-state index in [2.05, 4.69) is 9.82 Å². The number of nitrogens with zero attached hydrogens (tertiary/aromatic N) is 3. The molecule has 1 atom stereocenters. The summed E-state index contributed by atoms with van der Waals surface area (Å²) < 4.78 is 42.1. The van der Waals surface area contributed by atoms with E-state index in [4.69, 9.17) is 0 Å². The smallest absolute Gasteiger partial charge is 0.274 e. The lowest BCUT2D eigenvalue weighted by atomic mass is 9.98. The van der Waals surface area contributed by atoms with E-state index in [9.17, 15) is 22.4 Å². The summed E-state index contributed by atoms with van der Waals surface area (Å²) >= 11 is 0. The second-order valence-electron chi connectivity index (χ2n) is 8.37. The third-order valence-corrected chi connectivity index (χ3v) is 7.23. The number of hydrogen-bond acceptors (Lipinski definition) is 5. The molecule has 1 fully saturated rings. The molecular weight excluding hydrogens is 459 g/mol. The molecule has 0 aliphatic carbocycles. The predicted octanol–water partition coefficient (Wildman–Crippen LogP) is 2.51. The summed E-state index contributed by atoms with van der Waals surface area (Å²) in [5.41, 5.74) is 0.970. The molecule has 0 bridgehead atoms. The van der Waals surface area contributed by atoms with Crippen molar-refractivity contribution in [1.82, 2.24) is 19.4 Å². The van der Waals surface area contributed by atoms with Crippen LogP contribution in [0, 0.1) is 18.7 Å². The summed E-state index contributed by atoms with van der Waals surface area (Å²) in [4.78, 5) is 27.2. The highest BCUT2D eigenvalue weighted by molar-refractivity contribution is 7.89. The lowest BCUT2D eigenvalue weighted by Crippen LogP contribution is -2.44. The Hall–Kier alpha value is -3.37. The largest absolute Gasteiger partial charge is 0.337 e. The molecule has 1 amide bonds.